The van der Waals surface area contributed by atoms with Crippen LogP contribution < -0.4 is 16.4 Å². The molecule has 0 bridgehead atoms. The summed E-state index contributed by atoms with van der Waals surface area (Å²) in [4.78, 5) is 11.1. The van der Waals surface area contributed by atoms with E-state index < -0.39 is 36.2 Å². The maximum atomic E-state index is 12.6. The fraction of sp³-hybridized carbons (Fsp3) is 0.300. The van der Waals surface area contributed by atoms with E-state index in [2.05, 4.69) is 0 Å². The van der Waals surface area contributed by atoms with Crippen LogP contribution >= 0.6 is 0 Å². The molecule has 0 heterocycles. The molecule has 2 amide bonds. The SMILES string of the molecule is Nc1ccc(NC(=O)NCC(F)(F)F)c(C(F)(F)F)c1. The van der Waals surface area contributed by atoms with Gasteiger partial charge in [0.15, 0.2) is 0 Å². The zero-order chi connectivity index (χ0) is 15.6. The number of rotatable bonds is 2. The minimum absolute atomic E-state index is 0.196. The summed E-state index contributed by atoms with van der Waals surface area (Å²) in [7, 11) is 0. The van der Waals surface area contributed by atoms with E-state index in [9.17, 15) is 31.1 Å². The van der Waals surface area contributed by atoms with Crippen LogP contribution in [-0.2, 0) is 6.18 Å². The Hall–Kier alpha value is -2.13. The largest absolute Gasteiger partial charge is 0.418 e. The van der Waals surface area contributed by atoms with Gasteiger partial charge in [0, 0.05) is 5.69 Å². The van der Waals surface area contributed by atoms with E-state index in [4.69, 9.17) is 5.73 Å². The number of nitrogen functional groups attached to an aromatic ring is 1. The van der Waals surface area contributed by atoms with E-state index in [-0.39, 0.29) is 5.69 Å². The van der Waals surface area contributed by atoms with Crippen molar-refractivity contribution < 1.29 is 31.1 Å². The van der Waals surface area contributed by atoms with Crippen molar-refractivity contribution >= 4 is 17.4 Å². The van der Waals surface area contributed by atoms with Gasteiger partial charge in [-0.15, -0.1) is 0 Å². The molecule has 0 fully saturated rings. The van der Waals surface area contributed by atoms with Crippen LogP contribution in [0.25, 0.3) is 0 Å². The van der Waals surface area contributed by atoms with Crippen molar-refractivity contribution in [2.24, 2.45) is 0 Å². The molecule has 0 radical (unpaired) electrons. The third-order valence-electron chi connectivity index (χ3n) is 2.05. The summed E-state index contributed by atoms with van der Waals surface area (Å²) in [5.41, 5.74) is 3.06. The normalized spacial score (nSPS) is 12.1. The first-order chi connectivity index (χ1) is 8.99. The number of hydrogen-bond donors (Lipinski definition) is 3. The number of benzene rings is 1. The molecule has 1 aromatic carbocycles. The predicted molar refractivity (Wildman–Crippen MR) is 58.9 cm³/mol. The highest BCUT2D eigenvalue weighted by Crippen LogP contribution is 2.36. The molecule has 4 N–H and O–H groups in total. The van der Waals surface area contributed by atoms with Gasteiger partial charge >= 0.3 is 18.4 Å². The second-order valence-corrected chi connectivity index (χ2v) is 3.73. The van der Waals surface area contributed by atoms with Gasteiger partial charge in [0.2, 0.25) is 0 Å². The van der Waals surface area contributed by atoms with E-state index >= 15 is 0 Å². The number of anilines is 2. The molecule has 0 saturated heterocycles. The van der Waals surface area contributed by atoms with Crippen LogP contribution in [0.3, 0.4) is 0 Å². The molecular formula is C10H9F6N3O. The molecule has 10 heteroatoms. The van der Waals surface area contributed by atoms with Crippen molar-refractivity contribution in [3.8, 4) is 0 Å². The summed E-state index contributed by atoms with van der Waals surface area (Å²) in [6.07, 6.45) is -9.46. The van der Waals surface area contributed by atoms with Crippen LogP contribution in [0.5, 0.6) is 0 Å². The van der Waals surface area contributed by atoms with Gasteiger partial charge in [-0.2, -0.15) is 26.3 Å². The molecular weight excluding hydrogens is 292 g/mol. The zero-order valence-corrected chi connectivity index (χ0v) is 9.69. The number of carbonyl (C=O) groups is 1. The van der Waals surface area contributed by atoms with Gasteiger partial charge in [-0.1, -0.05) is 0 Å². The van der Waals surface area contributed by atoms with Gasteiger partial charge in [-0.3, -0.25) is 0 Å². The number of halogens is 6. The van der Waals surface area contributed by atoms with Crippen LogP contribution in [0, 0.1) is 0 Å². The predicted octanol–water partition coefficient (Wildman–Crippen LogP) is 2.97. The lowest BCUT2D eigenvalue weighted by Gasteiger charge is -2.15. The highest BCUT2D eigenvalue weighted by atomic mass is 19.4. The topological polar surface area (TPSA) is 67.1 Å². The average molecular weight is 301 g/mol. The Morgan fingerprint density at radius 3 is 2.25 bits per heavy atom. The second-order valence-electron chi connectivity index (χ2n) is 3.73. The standard InChI is InChI=1S/C10H9F6N3O/c11-9(12,13)4-18-8(20)19-7-2-1-5(17)3-6(7)10(14,15)16/h1-3H,4,17H2,(H2,18,19,20). The van der Waals surface area contributed by atoms with E-state index in [0.29, 0.717) is 6.07 Å². The first kappa shape index (κ1) is 15.9. The van der Waals surface area contributed by atoms with E-state index in [0.717, 1.165) is 12.1 Å². The third kappa shape index (κ3) is 4.86. The molecule has 1 aromatic rings. The van der Waals surface area contributed by atoms with Gasteiger partial charge in [-0.05, 0) is 18.2 Å². The molecule has 1 rings (SSSR count). The smallest absolute Gasteiger partial charge is 0.399 e. The molecule has 0 saturated carbocycles. The Morgan fingerprint density at radius 1 is 1.15 bits per heavy atom. The van der Waals surface area contributed by atoms with Crippen molar-refractivity contribution in [1.29, 1.82) is 0 Å². The zero-order valence-electron chi connectivity index (χ0n) is 9.69. The van der Waals surface area contributed by atoms with Crippen molar-refractivity contribution in [2.75, 3.05) is 17.6 Å². The Bertz CT molecular complexity index is 497. The van der Waals surface area contributed by atoms with Crippen molar-refractivity contribution in [3.63, 3.8) is 0 Å². The third-order valence-corrected chi connectivity index (χ3v) is 2.05. The lowest BCUT2D eigenvalue weighted by Crippen LogP contribution is -2.37. The molecule has 0 aliphatic heterocycles. The first-order valence-electron chi connectivity index (χ1n) is 5.07. The minimum atomic E-state index is -4.80. The molecule has 4 nitrogen and oxygen atoms in total. The van der Waals surface area contributed by atoms with Crippen molar-refractivity contribution in [3.05, 3.63) is 23.8 Å². The molecule has 0 unspecified atom stereocenters. The summed E-state index contributed by atoms with van der Waals surface area (Å²) in [5.74, 6) is 0. The van der Waals surface area contributed by atoms with Gasteiger partial charge in [0.1, 0.15) is 6.54 Å². The second kappa shape index (κ2) is 5.47. The summed E-state index contributed by atoms with van der Waals surface area (Å²) in [6, 6.07) is 1.09. The number of urea groups is 1. The highest BCUT2D eigenvalue weighted by molar-refractivity contribution is 5.90. The molecule has 0 aromatic heterocycles. The Labute approximate surface area is 108 Å². The van der Waals surface area contributed by atoms with Gasteiger partial charge in [0.05, 0.1) is 11.3 Å². The quantitative estimate of drug-likeness (QED) is 0.580. The minimum Gasteiger partial charge on any atom is -0.399 e. The average Bonchev–Trinajstić information content (AvgIpc) is 2.26. The number of alkyl halides is 6. The van der Waals surface area contributed by atoms with E-state index in [1.54, 1.807) is 5.32 Å². The maximum absolute atomic E-state index is 12.6. The van der Waals surface area contributed by atoms with Crippen LogP contribution in [0.4, 0.5) is 42.5 Å². The number of carbonyl (C=O) groups excluding carboxylic acids is 1. The number of hydrogen-bond acceptors (Lipinski definition) is 2. The fourth-order valence-corrected chi connectivity index (χ4v) is 1.25. The maximum Gasteiger partial charge on any atom is 0.418 e. The molecule has 0 aliphatic carbocycles. The number of nitrogens with one attached hydrogen (secondary N) is 2. The van der Waals surface area contributed by atoms with Crippen LogP contribution in [-0.4, -0.2) is 18.8 Å². The van der Waals surface area contributed by atoms with E-state index in [1.807, 2.05) is 0 Å². The summed E-state index contributed by atoms with van der Waals surface area (Å²) >= 11 is 0. The van der Waals surface area contributed by atoms with Crippen LogP contribution in [0.1, 0.15) is 5.56 Å². The lowest BCUT2D eigenvalue weighted by molar-refractivity contribution is -0.137. The van der Waals surface area contributed by atoms with Crippen molar-refractivity contribution in [1.82, 2.24) is 5.32 Å². The van der Waals surface area contributed by atoms with Crippen LogP contribution in [0.15, 0.2) is 18.2 Å². The lowest BCUT2D eigenvalue weighted by atomic mass is 10.1. The number of nitrogens with two attached hydrogens (primary N) is 1. The van der Waals surface area contributed by atoms with Crippen molar-refractivity contribution in [2.45, 2.75) is 12.4 Å². The Morgan fingerprint density at radius 2 is 1.75 bits per heavy atom. The first-order valence-corrected chi connectivity index (χ1v) is 5.07. The van der Waals surface area contributed by atoms with E-state index in [1.165, 1.54) is 5.32 Å². The van der Waals surface area contributed by atoms with Gasteiger partial charge < -0.3 is 16.4 Å². The molecule has 112 valence electrons. The Kier molecular flexibility index (Phi) is 4.36. The van der Waals surface area contributed by atoms with Gasteiger partial charge in [-0.25, -0.2) is 4.79 Å². The molecule has 0 spiro atoms. The molecule has 20 heavy (non-hydrogen) atoms. The number of amides is 2. The summed E-state index contributed by atoms with van der Waals surface area (Å²) < 4.78 is 73.5. The van der Waals surface area contributed by atoms with Crippen LogP contribution in [0.2, 0.25) is 0 Å². The monoisotopic (exact) mass is 301 g/mol. The fourth-order valence-electron chi connectivity index (χ4n) is 1.25. The molecule has 0 aliphatic rings. The van der Waals surface area contributed by atoms with Gasteiger partial charge in [0.25, 0.3) is 0 Å². The Balaban J connectivity index is 2.85. The summed E-state index contributed by atoms with van der Waals surface area (Å²) in [5, 5.41) is 3.08. The highest BCUT2D eigenvalue weighted by Gasteiger charge is 2.34. The molecule has 0 atom stereocenters. The summed E-state index contributed by atoms with van der Waals surface area (Å²) in [6.45, 7) is -1.66.